The van der Waals surface area contributed by atoms with Gasteiger partial charge in [0.15, 0.2) is 5.69 Å². The molecule has 0 amide bonds. The molecule has 112 valence electrons. The summed E-state index contributed by atoms with van der Waals surface area (Å²) in [5.41, 5.74) is 1.52. The predicted octanol–water partition coefficient (Wildman–Crippen LogP) is 2.08. The van der Waals surface area contributed by atoms with Crippen LogP contribution in [0.4, 0.5) is 0 Å². The Balaban J connectivity index is 2.66. The molecule has 0 bridgehead atoms. The number of aryl methyl sites for hydroxylation is 1. The van der Waals surface area contributed by atoms with E-state index in [1.807, 2.05) is 6.92 Å². The predicted molar refractivity (Wildman–Crippen MR) is 75.3 cm³/mol. The average Bonchev–Trinajstić information content (AvgIpc) is 2.85. The van der Waals surface area contributed by atoms with Crippen LogP contribution >= 0.6 is 11.6 Å². The first kappa shape index (κ1) is 15.3. The molecule has 2 aromatic rings. The molecule has 1 heterocycles. The zero-order chi connectivity index (χ0) is 15.6. The molecule has 0 saturated heterocycles. The van der Waals surface area contributed by atoms with Crippen molar-refractivity contribution < 1.29 is 19.4 Å². The van der Waals surface area contributed by atoms with Gasteiger partial charge in [-0.25, -0.2) is 9.48 Å². The van der Waals surface area contributed by atoms with Crippen LogP contribution in [0.1, 0.15) is 21.7 Å². The summed E-state index contributed by atoms with van der Waals surface area (Å²) >= 11 is 6.06. The van der Waals surface area contributed by atoms with E-state index in [0.717, 1.165) is 5.56 Å². The van der Waals surface area contributed by atoms with E-state index in [1.165, 1.54) is 18.9 Å². The van der Waals surface area contributed by atoms with Crippen LogP contribution in [0.3, 0.4) is 0 Å². The van der Waals surface area contributed by atoms with E-state index in [-0.39, 0.29) is 12.3 Å². The van der Waals surface area contributed by atoms with Crippen molar-refractivity contribution in [3.63, 3.8) is 0 Å². The molecule has 0 aliphatic carbocycles. The van der Waals surface area contributed by atoms with Crippen LogP contribution in [0, 0.1) is 6.92 Å². The van der Waals surface area contributed by atoms with E-state index < -0.39 is 5.97 Å². The third kappa shape index (κ3) is 2.84. The van der Waals surface area contributed by atoms with Gasteiger partial charge >= 0.3 is 5.97 Å². The quantitative estimate of drug-likeness (QED) is 0.909. The monoisotopic (exact) mass is 311 g/mol. The zero-order valence-corrected chi connectivity index (χ0v) is 12.5. The lowest BCUT2D eigenvalue weighted by Crippen LogP contribution is -2.09. The minimum absolute atomic E-state index is 0.0550. The van der Waals surface area contributed by atoms with Crippen LogP contribution in [0.15, 0.2) is 12.1 Å². The Kier molecular flexibility index (Phi) is 4.44. The van der Waals surface area contributed by atoms with Crippen LogP contribution in [0.2, 0.25) is 5.02 Å². The molecule has 0 spiro atoms. The first-order chi connectivity index (χ1) is 9.99. The van der Waals surface area contributed by atoms with Gasteiger partial charge in [-0.1, -0.05) is 16.8 Å². The number of benzene rings is 1. The van der Waals surface area contributed by atoms with Crippen LogP contribution in [-0.2, 0) is 11.3 Å². The Morgan fingerprint density at radius 2 is 2.14 bits per heavy atom. The second-order valence-corrected chi connectivity index (χ2v) is 4.72. The van der Waals surface area contributed by atoms with Gasteiger partial charge in [0.25, 0.3) is 0 Å². The second kappa shape index (κ2) is 6.11. The fourth-order valence-corrected chi connectivity index (χ4v) is 2.06. The normalized spacial score (nSPS) is 10.7. The van der Waals surface area contributed by atoms with E-state index in [1.54, 1.807) is 12.1 Å². The summed E-state index contributed by atoms with van der Waals surface area (Å²) < 4.78 is 11.7. The molecule has 1 aromatic carbocycles. The topological polar surface area (TPSA) is 86.5 Å². The standard InChI is InChI=1S/C13H14ClN3O4/c1-7-4-9(11(21-3)5-8(7)14)17-10(6-20-2)12(13(18)19)15-16-17/h4-5H,6H2,1-3H3,(H,18,19). The summed E-state index contributed by atoms with van der Waals surface area (Å²) in [6.45, 7) is 1.88. The summed E-state index contributed by atoms with van der Waals surface area (Å²) in [6, 6.07) is 3.39. The average molecular weight is 312 g/mol. The van der Waals surface area contributed by atoms with Crippen LogP contribution in [0.25, 0.3) is 5.69 Å². The van der Waals surface area contributed by atoms with E-state index in [4.69, 9.17) is 26.2 Å². The lowest BCUT2D eigenvalue weighted by atomic mass is 10.2. The summed E-state index contributed by atoms with van der Waals surface area (Å²) in [5, 5.41) is 17.3. The number of carboxylic acid groups (broad SMARTS) is 1. The minimum Gasteiger partial charge on any atom is -0.494 e. The van der Waals surface area contributed by atoms with Gasteiger partial charge in [-0.2, -0.15) is 0 Å². The SMILES string of the molecule is COCc1c(C(=O)O)nnn1-c1cc(C)c(Cl)cc1OC. The first-order valence-electron chi connectivity index (χ1n) is 6.01. The van der Waals surface area contributed by atoms with Gasteiger partial charge < -0.3 is 14.6 Å². The Labute approximate surface area is 126 Å². The lowest BCUT2D eigenvalue weighted by Gasteiger charge is -2.12. The first-order valence-corrected chi connectivity index (χ1v) is 6.38. The number of carbonyl (C=O) groups is 1. The van der Waals surface area contributed by atoms with Crippen LogP contribution < -0.4 is 4.74 Å². The smallest absolute Gasteiger partial charge is 0.358 e. The molecule has 1 N–H and O–H groups in total. The van der Waals surface area contributed by atoms with Crippen molar-refractivity contribution in [1.82, 2.24) is 15.0 Å². The third-order valence-electron chi connectivity index (χ3n) is 2.94. The maximum absolute atomic E-state index is 11.2. The maximum Gasteiger partial charge on any atom is 0.358 e. The van der Waals surface area contributed by atoms with Crippen molar-refractivity contribution in [2.45, 2.75) is 13.5 Å². The van der Waals surface area contributed by atoms with Crippen LogP contribution in [0.5, 0.6) is 5.75 Å². The molecule has 0 aliphatic rings. The second-order valence-electron chi connectivity index (χ2n) is 4.31. The van der Waals surface area contributed by atoms with E-state index in [9.17, 15) is 4.79 Å². The Morgan fingerprint density at radius 1 is 1.43 bits per heavy atom. The van der Waals surface area contributed by atoms with Gasteiger partial charge in [0.2, 0.25) is 0 Å². The molecule has 0 unspecified atom stereocenters. The molecular formula is C13H14ClN3O4. The molecule has 2 rings (SSSR count). The molecule has 8 heteroatoms. The van der Waals surface area contributed by atoms with Gasteiger partial charge in [-0.3, -0.25) is 0 Å². The van der Waals surface area contributed by atoms with Crippen molar-refractivity contribution in [3.8, 4) is 11.4 Å². The highest BCUT2D eigenvalue weighted by atomic mass is 35.5. The van der Waals surface area contributed by atoms with Crippen molar-refractivity contribution in [3.05, 3.63) is 34.1 Å². The minimum atomic E-state index is -1.17. The fraction of sp³-hybridized carbons (Fsp3) is 0.308. The number of rotatable bonds is 5. The number of hydrogen-bond acceptors (Lipinski definition) is 5. The Morgan fingerprint density at radius 3 is 2.71 bits per heavy atom. The van der Waals surface area contributed by atoms with Gasteiger partial charge in [0, 0.05) is 18.2 Å². The van der Waals surface area contributed by atoms with E-state index in [0.29, 0.717) is 22.2 Å². The number of hydrogen-bond donors (Lipinski definition) is 1. The van der Waals surface area contributed by atoms with Crippen molar-refractivity contribution in [2.75, 3.05) is 14.2 Å². The molecular weight excluding hydrogens is 298 g/mol. The van der Waals surface area contributed by atoms with Gasteiger partial charge in [-0.15, -0.1) is 5.10 Å². The van der Waals surface area contributed by atoms with Gasteiger partial charge in [0.1, 0.15) is 17.1 Å². The van der Waals surface area contributed by atoms with Crippen LogP contribution in [-0.4, -0.2) is 40.3 Å². The molecule has 0 fully saturated rings. The maximum atomic E-state index is 11.2. The highest BCUT2D eigenvalue weighted by Gasteiger charge is 2.22. The fourth-order valence-electron chi connectivity index (χ4n) is 1.90. The lowest BCUT2D eigenvalue weighted by molar-refractivity contribution is 0.0685. The molecule has 1 aromatic heterocycles. The Hall–Kier alpha value is -2.12. The van der Waals surface area contributed by atoms with E-state index >= 15 is 0 Å². The number of nitrogens with zero attached hydrogens (tertiary/aromatic N) is 3. The number of aromatic nitrogens is 3. The number of carboxylic acids is 1. The summed E-state index contributed by atoms with van der Waals surface area (Å²) in [6.07, 6.45) is 0. The van der Waals surface area contributed by atoms with Crippen molar-refractivity contribution >= 4 is 17.6 Å². The highest BCUT2D eigenvalue weighted by Crippen LogP contribution is 2.30. The molecule has 0 atom stereocenters. The van der Waals surface area contributed by atoms with Crippen molar-refractivity contribution in [1.29, 1.82) is 0 Å². The molecule has 7 nitrogen and oxygen atoms in total. The summed E-state index contributed by atoms with van der Waals surface area (Å²) in [4.78, 5) is 11.2. The number of aromatic carboxylic acids is 1. The Bertz CT molecular complexity index is 684. The number of halogens is 1. The molecule has 21 heavy (non-hydrogen) atoms. The number of methoxy groups -OCH3 is 2. The summed E-state index contributed by atoms with van der Waals surface area (Å²) in [7, 11) is 2.96. The van der Waals surface area contributed by atoms with Crippen molar-refractivity contribution in [2.24, 2.45) is 0 Å². The molecule has 0 radical (unpaired) electrons. The highest BCUT2D eigenvalue weighted by molar-refractivity contribution is 6.31. The van der Waals surface area contributed by atoms with Gasteiger partial charge in [-0.05, 0) is 18.6 Å². The number of ether oxygens (including phenoxy) is 2. The molecule has 0 saturated carbocycles. The van der Waals surface area contributed by atoms with E-state index in [2.05, 4.69) is 10.3 Å². The third-order valence-corrected chi connectivity index (χ3v) is 3.34. The molecule has 0 aliphatic heterocycles. The largest absolute Gasteiger partial charge is 0.494 e. The van der Waals surface area contributed by atoms with Gasteiger partial charge in [0.05, 0.1) is 13.7 Å². The summed E-state index contributed by atoms with van der Waals surface area (Å²) in [5.74, 6) is -0.706. The zero-order valence-electron chi connectivity index (χ0n) is 11.8.